The lowest BCUT2D eigenvalue weighted by molar-refractivity contribution is 0.481. The first-order valence-electron chi connectivity index (χ1n) is 5.83. The fourth-order valence-corrected chi connectivity index (χ4v) is 2.71. The average Bonchev–Trinajstić information content (AvgIpc) is 2.40. The Labute approximate surface area is 113 Å². The van der Waals surface area contributed by atoms with Crippen LogP contribution in [0.2, 0.25) is 0 Å². The molecule has 0 aliphatic carbocycles. The normalized spacial score (nSPS) is 11.3. The molecule has 19 heavy (non-hydrogen) atoms. The van der Waals surface area contributed by atoms with Crippen molar-refractivity contribution in [2.75, 3.05) is 0 Å². The highest BCUT2D eigenvalue weighted by molar-refractivity contribution is 7.87. The van der Waals surface area contributed by atoms with E-state index in [9.17, 15) is 8.42 Å². The lowest BCUT2D eigenvalue weighted by atomic mass is 10.1. The zero-order valence-electron chi connectivity index (χ0n) is 11.0. The maximum absolute atomic E-state index is 12.2. The molecule has 0 spiro atoms. The summed E-state index contributed by atoms with van der Waals surface area (Å²) in [7, 11) is -3.84. The standard InChI is InChI=1S/C14H15NO3S/c1-10-6-7-11(2)14(12(10)3)18-19(16,17)13-5-4-8-15-9-13/h4-9H,1-3H3. The molecule has 0 bridgehead atoms. The van der Waals surface area contributed by atoms with E-state index in [0.717, 1.165) is 16.7 Å². The van der Waals surface area contributed by atoms with Gasteiger partial charge in [-0.2, -0.15) is 8.42 Å². The van der Waals surface area contributed by atoms with Gasteiger partial charge in [0.2, 0.25) is 0 Å². The summed E-state index contributed by atoms with van der Waals surface area (Å²) in [5.41, 5.74) is 2.60. The fraction of sp³-hybridized carbons (Fsp3) is 0.214. The van der Waals surface area contributed by atoms with Crippen LogP contribution >= 0.6 is 0 Å². The van der Waals surface area contributed by atoms with Crippen molar-refractivity contribution in [1.29, 1.82) is 0 Å². The average molecular weight is 277 g/mol. The number of aromatic nitrogens is 1. The summed E-state index contributed by atoms with van der Waals surface area (Å²) in [6.45, 7) is 5.58. The molecule has 0 radical (unpaired) electrons. The molecular formula is C14H15NO3S. The molecule has 100 valence electrons. The van der Waals surface area contributed by atoms with Crippen LogP contribution in [0.1, 0.15) is 16.7 Å². The molecule has 4 nitrogen and oxygen atoms in total. The van der Waals surface area contributed by atoms with E-state index in [-0.39, 0.29) is 4.90 Å². The lowest BCUT2D eigenvalue weighted by Gasteiger charge is -2.13. The molecule has 0 saturated heterocycles. The maximum Gasteiger partial charge on any atom is 0.340 e. The van der Waals surface area contributed by atoms with Gasteiger partial charge in [0.25, 0.3) is 0 Å². The van der Waals surface area contributed by atoms with E-state index < -0.39 is 10.1 Å². The van der Waals surface area contributed by atoms with Crippen LogP contribution in [0.3, 0.4) is 0 Å². The van der Waals surface area contributed by atoms with Crippen LogP contribution in [-0.2, 0) is 10.1 Å². The molecule has 0 N–H and O–H groups in total. The van der Waals surface area contributed by atoms with Crippen LogP contribution in [0.15, 0.2) is 41.6 Å². The Morgan fingerprint density at radius 3 is 2.37 bits per heavy atom. The molecule has 1 aromatic carbocycles. The van der Waals surface area contributed by atoms with Gasteiger partial charge in [-0.3, -0.25) is 4.98 Å². The minimum atomic E-state index is -3.84. The Bertz CT molecular complexity index is 694. The quantitative estimate of drug-likeness (QED) is 0.809. The number of pyridine rings is 1. The molecule has 0 unspecified atom stereocenters. The minimum Gasteiger partial charge on any atom is -0.378 e. The largest absolute Gasteiger partial charge is 0.378 e. The van der Waals surface area contributed by atoms with E-state index in [1.807, 2.05) is 32.9 Å². The first-order chi connectivity index (χ1) is 8.92. The Hall–Kier alpha value is -1.88. The number of nitrogens with zero attached hydrogens (tertiary/aromatic N) is 1. The van der Waals surface area contributed by atoms with Gasteiger partial charge in [0.1, 0.15) is 10.6 Å². The number of benzene rings is 1. The zero-order valence-corrected chi connectivity index (χ0v) is 11.9. The summed E-state index contributed by atoms with van der Waals surface area (Å²) in [5.74, 6) is 0.392. The molecule has 0 aliphatic rings. The fourth-order valence-electron chi connectivity index (χ4n) is 1.71. The van der Waals surface area contributed by atoms with E-state index >= 15 is 0 Å². The predicted octanol–water partition coefficient (Wildman–Crippen LogP) is 2.77. The highest BCUT2D eigenvalue weighted by atomic mass is 32.2. The monoisotopic (exact) mass is 277 g/mol. The van der Waals surface area contributed by atoms with E-state index in [2.05, 4.69) is 4.98 Å². The first kappa shape index (κ1) is 13.5. The van der Waals surface area contributed by atoms with Crippen LogP contribution in [0.25, 0.3) is 0 Å². The van der Waals surface area contributed by atoms with Crippen molar-refractivity contribution in [3.8, 4) is 5.75 Å². The van der Waals surface area contributed by atoms with Crippen molar-refractivity contribution in [3.05, 3.63) is 53.3 Å². The second kappa shape index (κ2) is 5.01. The molecule has 0 saturated carbocycles. The summed E-state index contributed by atoms with van der Waals surface area (Å²) in [5, 5.41) is 0. The molecule has 5 heteroatoms. The number of rotatable bonds is 3. The third-order valence-corrected chi connectivity index (χ3v) is 4.19. The molecule has 0 fully saturated rings. The zero-order chi connectivity index (χ0) is 14.0. The highest BCUT2D eigenvalue weighted by Gasteiger charge is 2.19. The first-order valence-corrected chi connectivity index (χ1v) is 7.24. The van der Waals surface area contributed by atoms with Gasteiger partial charge in [-0.05, 0) is 49.6 Å². The Morgan fingerprint density at radius 1 is 1.05 bits per heavy atom. The molecule has 1 aromatic heterocycles. The second-order valence-corrected chi connectivity index (χ2v) is 5.93. The topological polar surface area (TPSA) is 56.3 Å². The van der Waals surface area contributed by atoms with Crippen molar-refractivity contribution in [3.63, 3.8) is 0 Å². The van der Waals surface area contributed by atoms with Gasteiger partial charge >= 0.3 is 10.1 Å². The van der Waals surface area contributed by atoms with E-state index in [1.165, 1.54) is 18.5 Å². The highest BCUT2D eigenvalue weighted by Crippen LogP contribution is 2.28. The third kappa shape index (κ3) is 2.76. The smallest absolute Gasteiger partial charge is 0.340 e. The summed E-state index contributed by atoms with van der Waals surface area (Å²) < 4.78 is 29.6. The Balaban J connectivity index is 2.45. The van der Waals surface area contributed by atoms with Crippen molar-refractivity contribution in [2.45, 2.75) is 25.7 Å². The predicted molar refractivity (Wildman–Crippen MR) is 72.7 cm³/mol. The van der Waals surface area contributed by atoms with Gasteiger partial charge in [0.15, 0.2) is 0 Å². The minimum absolute atomic E-state index is 0.0512. The molecule has 0 aliphatic heterocycles. The van der Waals surface area contributed by atoms with Crippen LogP contribution < -0.4 is 4.18 Å². The molecule has 0 amide bonds. The van der Waals surface area contributed by atoms with Crippen LogP contribution in [0, 0.1) is 20.8 Å². The summed E-state index contributed by atoms with van der Waals surface area (Å²) in [6, 6.07) is 6.81. The van der Waals surface area contributed by atoms with Gasteiger partial charge in [-0.15, -0.1) is 0 Å². The molecule has 2 aromatic rings. The molecule has 1 heterocycles. The number of hydrogen-bond acceptors (Lipinski definition) is 4. The van der Waals surface area contributed by atoms with Crippen molar-refractivity contribution in [1.82, 2.24) is 4.98 Å². The molecular weight excluding hydrogens is 262 g/mol. The van der Waals surface area contributed by atoms with Crippen molar-refractivity contribution in [2.24, 2.45) is 0 Å². The SMILES string of the molecule is Cc1ccc(C)c(OS(=O)(=O)c2cccnc2)c1C. The van der Waals surface area contributed by atoms with E-state index in [0.29, 0.717) is 5.75 Å². The summed E-state index contributed by atoms with van der Waals surface area (Å²) in [4.78, 5) is 3.85. The van der Waals surface area contributed by atoms with Crippen molar-refractivity contribution < 1.29 is 12.6 Å². The van der Waals surface area contributed by atoms with Gasteiger partial charge in [-0.1, -0.05) is 12.1 Å². The van der Waals surface area contributed by atoms with E-state index in [1.54, 1.807) is 6.07 Å². The van der Waals surface area contributed by atoms with Crippen molar-refractivity contribution >= 4 is 10.1 Å². The number of hydrogen-bond donors (Lipinski definition) is 0. The number of aryl methyl sites for hydroxylation is 2. The Kier molecular flexibility index (Phi) is 3.57. The Morgan fingerprint density at radius 2 is 1.74 bits per heavy atom. The van der Waals surface area contributed by atoms with Crippen LogP contribution in [0.4, 0.5) is 0 Å². The summed E-state index contributed by atoms with van der Waals surface area (Å²) in [6.07, 6.45) is 2.79. The van der Waals surface area contributed by atoms with Crippen LogP contribution in [-0.4, -0.2) is 13.4 Å². The van der Waals surface area contributed by atoms with Crippen LogP contribution in [0.5, 0.6) is 5.75 Å². The maximum atomic E-state index is 12.2. The van der Waals surface area contributed by atoms with Gasteiger partial charge in [0.05, 0.1) is 0 Å². The molecule has 2 rings (SSSR count). The van der Waals surface area contributed by atoms with Gasteiger partial charge in [-0.25, -0.2) is 0 Å². The molecule has 0 atom stereocenters. The van der Waals surface area contributed by atoms with Gasteiger partial charge < -0.3 is 4.18 Å². The van der Waals surface area contributed by atoms with E-state index in [4.69, 9.17) is 4.18 Å². The van der Waals surface area contributed by atoms with Gasteiger partial charge in [0, 0.05) is 12.4 Å². The summed E-state index contributed by atoms with van der Waals surface area (Å²) >= 11 is 0. The third-order valence-electron chi connectivity index (χ3n) is 2.99. The lowest BCUT2D eigenvalue weighted by Crippen LogP contribution is -2.12. The second-order valence-electron chi connectivity index (χ2n) is 4.38.